The summed E-state index contributed by atoms with van der Waals surface area (Å²) in [4.78, 5) is -0.0698. The fraction of sp³-hybridized carbons (Fsp3) is 0.100. The Labute approximate surface area is 159 Å². The maximum atomic E-state index is 14.0. The number of nitrogens with one attached hydrogen (secondary N) is 1. The first-order valence-corrected chi connectivity index (χ1v) is 9.66. The molecule has 0 aliphatic heterocycles. The van der Waals surface area contributed by atoms with E-state index >= 15 is 0 Å². The molecule has 0 spiro atoms. The van der Waals surface area contributed by atoms with E-state index in [4.69, 9.17) is 0 Å². The molecular formula is C20H15F4NO2S. The first-order valence-electron chi connectivity index (χ1n) is 8.18. The number of hydrogen-bond donors (Lipinski definition) is 1. The van der Waals surface area contributed by atoms with E-state index in [1.165, 1.54) is 12.1 Å². The van der Waals surface area contributed by atoms with Crippen LogP contribution in [0, 0.1) is 5.82 Å². The van der Waals surface area contributed by atoms with Crippen LogP contribution in [-0.4, -0.2) is 8.42 Å². The van der Waals surface area contributed by atoms with Crippen molar-refractivity contribution in [1.82, 2.24) is 4.72 Å². The fourth-order valence-electron chi connectivity index (χ4n) is 2.65. The topological polar surface area (TPSA) is 46.2 Å². The van der Waals surface area contributed by atoms with Crippen LogP contribution in [0.25, 0.3) is 11.1 Å². The minimum atomic E-state index is -4.85. The lowest BCUT2D eigenvalue weighted by molar-refractivity contribution is -0.140. The minimum absolute atomic E-state index is 0.0698. The third-order valence-corrected chi connectivity index (χ3v) is 5.53. The molecule has 28 heavy (non-hydrogen) atoms. The van der Waals surface area contributed by atoms with Gasteiger partial charge in [0.2, 0.25) is 10.0 Å². The molecular weight excluding hydrogens is 394 g/mol. The average Bonchev–Trinajstić information content (AvgIpc) is 2.67. The van der Waals surface area contributed by atoms with Gasteiger partial charge in [0.25, 0.3) is 0 Å². The summed E-state index contributed by atoms with van der Waals surface area (Å²) in [6, 6.07) is 18.1. The average molecular weight is 409 g/mol. The quantitative estimate of drug-likeness (QED) is 0.604. The van der Waals surface area contributed by atoms with Gasteiger partial charge in [-0.2, -0.15) is 13.2 Å². The third-order valence-electron chi connectivity index (χ3n) is 4.11. The molecule has 3 aromatic rings. The number of benzene rings is 3. The number of alkyl halides is 3. The molecule has 0 bridgehead atoms. The first kappa shape index (κ1) is 20.0. The van der Waals surface area contributed by atoms with E-state index in [0.717, 1.165) is 23.3 Å². The molecule has 3 aromatic carbocycles. The normalized spacial score (nSPS) is 12.1. The van der Waals surface area contributed by atoms with Gasteiger partial charge in [-0.3, -0.25) is 0 Å². The van der Waals surface area contributed by atoms with Crippen LogP contribution in [0.2, 0.25) is 0 Å². The third kappa shape index (κ3) is 4.40. The van der Waals surface area contributed by atoms with Crippen molar-refractivity contribution in [1.29, 1.82) is 0 Å². The van der Waals surface area contributed by atoms with Crippen molar-refractivity contribution in [3.05, 3.63) is 89.7 Å². The summed E-state index contributed by atoms with van der Waals surface area (Å²) < 4.78 is 79.2. The minimum Gasteiger partial charge on any atom is -0.207 e. The SMILES string of the molecule is O=S(=O)(NCc1cccc(C(F)(F)F)c1F)c1ccc(-c2ccccc2)cc1. The molecule has 0 aliphatic carbocycles. The molecule has 0 fully saturated rings. The van der Waals surface area contributed by atoms with Gasteiger partial charge in [-0.15, -0.1) is 0 Å². The van der Waals surface area contributed by atoms with Crippen LogP contribution < -0.4 is 4.72 Å². The Morgan fingerprint density at radius 2 is 1.39 bits per heavy atom. The Hall–Kier alpha value is -2.71. The first-order chi connectivity index (χ1) is 13.2. The van der Waals surface area contributed by atoms with Crippen molar-refractivity contribution in [2.24, 2.45) is 0 Å². The predicted octanol–water partition coefficient (Wildman–Crippen LogP) is 4.99. The molecule has 0 amide bonds. The summed E-state index contributed by atoms with van der Waals surface area (Å²) in [6.07, 6.45) is -4.85. The van der Waals surface area contributed by atoms with Crippen LogP contribution in [0.15, 0.2) is 77.7 Å². The van der Waals surface area contributed by atoms with Gasteiger partial charge >= 0.3 is 6.18 Å². The molecule has 3 rings (SSSR count). The van der Waals surface area contributed by atoms with Gasteiger partial charge in [0, 0.05) is 12.1 Å². The maximum absolute atomic E-state index is 14.0. The summed E-state index contributed by atoms with van der Waals surface area (Å²) in [5.41, 5.74) is -0.107. The number of halogens is 4. The predicted molar refractivity (Wildman–Crippen MR) is 97.3 cm³/mol. The monoisotopic (exact) mass is 409 g/mol. The van der Waals surface area contributed by atoms with Crippen LogP contribution in [-0.2, 0) is 22.7 Å². The molecule has 0 heterocycles. The summed E-state index contributed by atoms with van der Waals surface area (Å²) in [7, 11) is -4.02. The van der Waals surface area contributed by atoms with E-state index in [1.54, 1.807) is 12.1 Å². The standard InChI is InChI=1S/C20H15F4NO2S/c21-19-16(7-4-8-18(19)20(22,23)24)13-25-28(26,27)17-11-9-15(10-12-17)14-5-2-1-3-6-14/h1-12,25H,13H2. The Morgan fingerprint density at radius 3 is 2.00 bits per heavy atom. The van der Waals surface area contributed by atoms with E-state index in [9.17, 15) is 26.0 Å². The van der Waals surface area contributed by atoms with Crippen LogP contribution >= 0.6 is 0 Å². The Morgan fingerprint density at radius 1 is 0.786 bits per heavy atom. The zero-order chi connectivity index (χ0) is 20.4. The molecule has 0 aromatic heterocycles. The highest BCUT2D eigenvalue weighted by Crippen LogP contribution is 2.32. The molecule has 0 atom stereocenters. The second-order valence-corrected chi connectivity index (χ2v) is 7.76. The molecule has 3 nitrogen and oxygen atoms in total. The van der Waals surface area contributed by atoms with Gasteiger partial charge in [0.1, 0.15) is 5.82 Å². The van der Waals surface area contributed by atoms with Crippen molar-refractivity contribution in [3.63, 3.8) is 0 Å². The van der Waals surface area contributed by atoms with Gasteiger partial charge in [-0.25, -0.2) is 17.5 Å². The van der Waals surface area contributed by atoms with Crippen molar-refractivity contribution < 1.29 is 26.0 Å². The summed E-state index contributed by atoms with van der Waals surface area (Å²) in [5.74, 6) is -1.49. The van der Waals surface area contributed by atoms with Gasteiger partial charge in [-0.1, -0.05) is 54.6 Å². The molecule has 1 N–H and O–H groups in total. The van der Waals surface area contributed by atoms with Crippen molar-refractivity contribution in [2.45, 2.75) is 17.6 Å². The van der Waals surface area contributed by atoms with Gasteiger partial charge in [0.05, 0.1) is 10.5 Å². The lowest BCUT2D eigenvalue weighted by atomic mass is 10.1. The lowest BCUT2D eigenvalue weighted by Crippen LogP contribution is -2.24. The number of hydrogen-bond acceptors (Lipinski definition) is 2. The Bertz CT molecular complexity index is 1060. The fourth-order valence-corrected chi connectivity index (χ4v) is 3.66. The smallest absolute Gasteiger partial charge is 0.207 e. The largest absolute Gasteiger partial charge is 0.419 e. The van der Waals surface area contributed by atoms with Crippen molar-refractivity contribution in [3.8, 4) is 11.1 Å². The van der Waals surface area contributed by atoms with Crippen molar-refractivity contribution >= 4 is 10.0 Å². The van der Waals surface area contributed by atoms with Crippen molar-refractivity contribution in [2.75, 3.05) is 0 Å². The van der Waals surface area contributed by atoms with E-state index in [2.05, 4.69) is 4.72 Å². The second-order valence-electron chi connectivity index (χ2n) is 5.99. The molecule has 0 saturated heterocycles. The van der Waals surface area contributed by atoms with Crippen LogP contribution in [0.3, 0.4) is 0 Å². The van der Waals surface area contributed by atoms with Gasteiger partial charge in [-0.05, 0) is 29.3 Å². The zero-order valence-electron chi connectivity index (χ0n) is 14.4. The van der Waals surface area contributed by atoms with Crippen LogP contribution in [0.1, 0.15) is 11.1 Å². The molecule has 8 heteroatoms. The van der Waals surface area contributed by atoms with E-state index in [1.807, 2.05) is 30.3 Å². The Balaban J connectivity index is 1.78. The van der Waals surface area contributed by atoms with E-state index in [0.29, 0.717) is 6.07 Å². The van der Waals surface area contributed by atoms with E-state index < -0.39 is 34.1 Å². The molecule has 0 radical (unpaired) electrons. The van der Waals surface area contributed by atoms with E-state index in [-0.39, 0.29) is 10.5 Å². The number of rotatable bonds is 5. The molecule has 0 aliphatic rings. The van der Waals surface area contributed by atoms with Crippen LogP contribution in [0.5, 0.6) is 0 Å². The second kappa shape index (κ2) is 7.73. The molecule has 146 valence electrons. The summed E-state index contributed by atoms with van der Waals surface area (Å²) >= 11 is 0. The lowest BCUT2D eigenvalue weighted by Gasteiger charge is -2.12. The Kier molecular flexibility index (Phi) is 5.53. The van der Waals surface area contributed by atoms with Crippen LogP contribution in [0.4, 0.5) is 17.6 Å². The molecule has 0 saturated carbocycles. The van der Waals surface area contributed by atoms with Gasteiger partial charge < -0.3 is 0 Å². The highest BCUT2D eigenvalue weighted by atomic mass is 32.2. The highest BCUT2D eigenvalue weighted by Gasteiger charge is 2.34. The number of sulfonamides is 1. The maximum Gasteiger partial charge on any atom is 0.419 e. The zero-order valence-corrected chi connectivity index (χ0v) is 15.2. The highest BCUT2D eigenvalue weighted by molar-refractivity contribution is 7.89. The molecule has 0 unspecified atom stereocenters. The van der Waals surface area contributed by atoms with Gasteiger partial charge in [0.15, 0.2) is 0 Å². The summed E-state index contributed by atoms with van der Waals surface area (Å²) in [6.45, 7) is -0.599. The summed E-state index contributed by atoms with van der Waals surface area (Å²) in [5, 5.41) is 0.